The number of carbonyl (C=O) groups excluding carboxylic acids is 1. The minimum absolute atomic E-state index is 0.225. The van der Waals surface area contributed by atoms with Gasteiger partial charge >= 0.3 is 0 Å². The molecule has 8 heteroatoms. The van der Waals surface area contributed by atoms with Gasteiger partial charge in [-0.3, -0.25) is 14.8 Å². The van der Waals surface area contributed by atoms with Crippen LogP contribution in [0.3, 0.4) is 0 Å². The van der Waals surface area contributed by atoms with Crippen LogP contribution in [0.2, 0.25) is 0 Å². The predicted molar refractivity (Wildman–Crippen MR) is 65.6 cm³/mol. The summed E-state index contributed by atoms with van der Waals surface area (Å²) >= 11 is 1.12. The largest absolute Gasteiger partial charge is 0.288 e. The number of nitrogens with zero attached hydrogens (tertiary/aromatic N) is 5. The first kappa shape index (κ1) is 11.3. The minimum atomic E-state index is -0.225. The smallest absolute Gasteiger partial charge is 0.271 e. The Labute approximate surface area is 107 Å². The molecule has 1 aliphatic carbocycles. The summed E-state index contributed by atoms with van der Waals surface area (Å²) in [5, 5.41) is 10.8. The van der Waals surface area contributed by atoms with Gasteiger partial charge in [-0.1, -0.05) is 4.49 Å². The Hall–Kier alpha value is -1.83. The maximum Gasteiger partial charge on any atom is 0.271 e. The molecule has 1 amide bonds. The summed E-state index contributed by atoms with van der Waals surface area (Å²) in [7, 11) is 1.78. The molecule has 94 valence electrons. The lowest BCUT2D eigenvalue weighted by Crippen LogP contribution is -2.13. The summed E-state index contributed by atoms with van der Waals surface area (Å²) in [6.45, 7) is 1.83. The highest BCUT2D eigenvalue weighted by Gasteiger charge is 2.31. The van der Waals surface area contributed by atoms with E-state index < -0.39 is 0 Å². The third-order valence-corrected chi connectivity index (χ3v) is 3.63. The zero-order valence-electron chi connectivity index (χ0n) is 10.0. The van der Waals surface area contributed by atoms with Crippen LogP contribution >= 0.6 is 11.5 Å². The molecular formula is C10H12N6OS. The molecule has 1 N–H and O–H groups in total. The predicted octanol–water partition coefficient (Wildman–Crippen LogP) is 1.10. The monoisotopic (exact) mass is 264 g/mol. The van der Waals surface area contributed by atoms with E-state index in [-0.39, 0.29) is 5.91 Å². The molecule has 0 atom stereocenters. The molecule has 2 aromatic heterocycles. The molecule has 0 spiro atoms. The fourth-order valence-corrected chi connectivity index (χ4v) is 2.30. The quantitative estimate of drug-likeness (QED) is 0.897. The first-order valence-electron chi connectivity index (χ1n) is 5.66. The molecule has 2 aromatic rings. The van der Waals surface area contributed by atoms with E-state index in [1.165, 1.54) is 0 Å². The van der Waals surface area contributed by atoms with Crippen molar-refractivity contribution in [1.82, 2.24) is 24.4 Å². The number of aryl methyl sites for hydroxylation is 2. The lowest BCUT2D eigenvalue weighted by atomic mass is 10.2. The molecule has 0 bridgehead atoms. The van der Waals surface area contributed by atoms with Crippen molar-refractivity contribution < 1.29 is 4.79 Å². The molecule has 0 saturated heterocycles. The van der Waals surface area contributed by atoms with Crippen LogP contribution in [0.1, 0.15) is 39.9 Å². The van der Waals surface area contributed by atoms with Crippen LogP contribution in [-0.4, -0.2) is 30.3 Å². The Bertz CT molecular complexity index is 580. The van der Waals surface area contributed by atoms with Crippen LogP contribution in [0.4, 0.5) is 5.95 Å². The van der Waals surface area contributed by atoms with E-state index in [9.17, 15) is 4.79 Å². The Morgan fingerprint density at radius 1 is 1.50 bits per heavy atom. The number of anilines is 1. The Balaban J connectivity index is 1.80. The second-order valence-corrected chi connectivity index (χ2v) is 5.08. The van der Waals surface area contributed by atoms with E-state index in [1.54, 1.807) is 11.7 Å². The van der Waals surface area contributed by atoms with Crippen molar-refractivity contribution in [3.05, 3.63) is 16.4 Å². The molecule has 1 aliphatic rings. The zero-order valence-corrected chi connectivity index (χ0v) is 10.9. The first-order valence-corrected chi connectivity index (χ1v) is 6.43. The summed E-state index contributed by atoms with van der Waals surface area (Å²) in [6.07, 6.45) is 2.18. The van der Waals surface area contributed by atoms with E-state index in [1.807, 2.05) is 6.92 Å². The van der Waals surface area contributed by atoms with Gasteiger partial charge in [-0.2, -0.15) is 4.98 Å². The molecule has 0 radical (unpaired) electrons. The second kappa shape index (κ2) is 4.13. The third-order valence-electron chi connectivity index (χ3n) is 2.89. The van der Waals surface area contributed by atoms with Crippen LogP contribution in [0.15, 0.2) is 0 Å². The fourth-order valence-electron chi connectivity index (χ4n) is 1.65. The van der Waals surface area contributed by atoms with E-state index in [0.29, 0.717) is 16.7 Å². The summed E-state index contributed by atoms with van der Waals surface area (Å²) in [5.74, 6) is 1.24. The molecule has 0 unspecified atom stereocenters. The summed E-state index contributed by atoms with van der Waals surface area (Å²) < 4.78 is 5.47. The van der Waals surface area contributed by atoms with Gasteiger partial charge in [0.05, 0.1) is 5.69 Å². The van der Waals surface area contributed by atoms with Crippen molar-refractivity contribution in [3.8, 4) is 0 Å². The maximum atomic E-state index is 12.1. The number of hydrogen-bond donors (Lipinski definition) is 1. The average Bonchev–Trinajstić information content (AvgIpc) is 2.96. The van der Waals surface area contributed by atoms with Gasteiger partial charge in [0.15, 0.2) is 0 Å². The first-order chi connectivity index (χ1) is 8.65. The number of amides is 1. The maximum absolute atomic E-state index is 12.1. The van der Waals surface area contributed by atoms with Crippen molar-refractivity contribution in [2.24, 2.45) is 7.05 Å². The van der Waals surface area contributed by atoms with Gasteiger partial charge in [-0.15, -0.1) is 10.2 Å². The summed E-state index contributed by atoms with van der Waals surface area (Å²) in [4.78, 5) is 16.8. The molecular weight excluding hydrogens is 252 g/mol. The molecule has 3 rings (SSSR count). The van der Waals surface area contributed by atoms with Crippen molar-refractivity contribution in [1.29, 1.82) is 0 Å². The molecule has 18 heavy (non-hydrogen) atoms. The van der Waals surface area contributed by atoms with Crippen LogP contribution in [0, 0.1) is 6.92 Å². The second-order valence-electron chi connectivity index (χ2n) is 4.32. The van der Waals surface area contributed by atoms with Crippen LogP contribution in [-0.2, 0) is 7.05 Å². The molecule has 2 heterocycles. The number of hydrogen-bond acceptors (Lipinski definition) is 6. The van der Waals surface area contributed by atoms with Gasteiger partial charge in [0, 0.05) is 13.0 Å². The Morgan fingerprint density at radius 3 is 2.89 bits per heavy atom. The van der Waals surface area contributed by atoms with E-state index >= 15 is 0 Å². The van der Waals surface area contributed by atoms with Gasteiger partial charge in [-0.05, 0) is 31.3 Å². The van der Waals surface area contributed by atoms with Crippen LogP contribution in [0.5, 0.6) is 0 Å². The van der Waals surface area contributed by atoms with E-state index in [4.69, 9.17) is 0 Å². The van der Waals surface area contributed by atoms with Gasteiger partial charge in [0.1, 0.15) is 10.7 Å². The lowest BCUT2D eigenvalue weighted by molar-refractivity contribution is 0.102. The lowest BCUT2D eigenvalue weighted by Gasteiger charge is -1.98. The topological polar surface area (TPSA) is 85.6 Å². The van der Waals surface area contributed by atoms with E-state index in [0.717, 1.165) is 35.9 Å². The standard InChI is InChI=1S/C10H12N6OS/c1-5-11-10(14-16(5)2)12-9(17)8-7(6-3-4-6)13-15-18-8/h6H,3-4H2,1-2H3,(H,12,14,17). The molecule has 0 aliphatic heterocycles. The van der Waals surface area contributed by atoms with Gasteiger partial charge < -0.3 is 0 Å². The van der Waals surface area contributed by atoms with Gasteiger partial charge in [0.2, 0.25) is 5.95 Å². The van der Waals surface area contributed by atoms with Gasteiger partial charge in [-0.25, -0.2) is 0 Å². The van der Waals surface area contributed by atoms with Crippen LogP contribution in [0.25, 0.3) is 0 Å². The summed E-state index contributed by atoms with van der Waals surface area (Å²) in [5.41, 5.74) is 0.810. The Kier molecular flexibility index (Phi) is 2.58. The number of carbonyl (C=O) groups is 1. The molecule has 7 nitrogen and oxygen atoms in total. The zero-order chi connectivity index (χ0) is 12.7. The highest BCUT2D eigenvalue weighted by molar-refractivity contribution is 7.08. The number of aromatic nitrogens is 5. The third kappa shape index (κ3) is 1.99. The van der Waals surface area contributed by atoms with Crippen LogP contribution < -0.4 is 5.32 Å². The fraction of sp³-hybridized carbons (Fsp3) is 0.500. The van der Waals surface area contributed by atoms with Crippen molar-refractivity contribution in [3.63, 3.8) is 0 Å². The highest BCUT2D eigenvalue weighted by Crippen LogP contribution is 2.41. The summed E-state index contributed by atoms with van der Waals surface area (Å²) in [6, 6.07) is 0. The van der Waals surface area contributed by atoms with Crippen molar-refractivity contribution >= 4 is 23.4 Å². The van der Waals surface area contributed by atoms with Gasteiger partial charge in [0.25, 0.3) is 5.91 Å². The Morgan fingerprint density at radius 2 is 2.28 bits per heavy atom. The van der Waals surface area contributed by atoms with E-state index in [2.05, 4.69) is 25.0 Å². The average molecular weight is 264 g/mol. The molecule has 1 saturated carbocycles. The minimum Gasteiger partial charge on any atom is -0.288 e. The SMILES string of the molecule is Cc1nc(NC(=O)c2snnc2C2CC2)nn1C. The normalized spacial score (nSPS) is 14.8. The number of nitrogens with one attached hydrogen (secondary N) is 1. The van der Waals surface area contributed by atoms with Crippen molar-refractivity contribution in [2.45, 2.75) is 25.7 Å². The highest BCUT2D eigenvalue weighted by atomic mass is 32.1. The van der Waals surface area contributed by atoms with Crippen molar-refractivity contribution in [2.75, 3.05) is 5.32 Å². The molecule has 1 fully saturated rings. The molecule has 0 aromatic carbocycles. The number of rotatable bonds is 3.